The minimum absolute atomic E-state index is 0.215. The minimum Gasteiger partial charge on any atom is -0.345 e. The number of aromatic nitrogens is 4. The third kappa shape index (κ3) is 4.29. The van der Waals surface area contributed by atoms with Crippen molar-refractivity contribution in [2.75, 3.05) is 20.6 Å². The summed E-state index contributed by atoms with van der Waals surface area (Å²) in [6.07, 6.45) is -1.75. The number of hydrogen-bond acceptors (Lipinski definition) is 5. The van der Waals surface area contributed by atoms with E-state index in [0.717, 1.165) is 17.2 Å². The van der Waals surface area contributed by atoms with Gasteiger partial charge in [0.15, 0.2) is 11.5 Å². The lowest BCUT2D eigenvalue weighted by Gasteiger charge is -2.24. The number of nitrogens with zero attached hydrogens (tertiary/aromatic N) is 6. The summed E-state index contributed by atoms with van der Waals surface area (Å²) in [7, 11) is 3.27. The van der Waals surface area contributed by atoms with Crippen LogP contribution in [-0.2, 0) is 17.5 Å². The summed E-state index contributed by atoms with van der Waals surface area (Å²) >= 11 is 0. The summed E-state index contributed by atoms with van der Waals surface area (Å²) in [5, 5.41) is 3.52. The lowest BCUT2D eigenvalue weighted by molar-refractivity contribution is -0.142. The molecule has 162 valence electrons. The maximum Gasteiger partial charge on any atom is 0.435 e. The minimum atomic E-state index is -4.56. The van der Waals surface area contributed by atoms with E-state index in [2.05, 4.69) is 15.1 Å². The molecule has 2 aromatic rings. The molecule has 3 heterocycles. The van der Waals surface area contributed by atoms with E-state index in [9.17, 15) is 22.8 Å². The van der Waals surface area contributed by atoms with E-state index < -0.39 is 17.9 Å². The van der Waals surface area contributed by atoms with Crippen LogP contribution in [0.4, 0.5) is 13.2 Å². The molecule has 3 rings (SSSR count). The molecule has 1 fully saturated rings. The van der Waals surface area contributed by atoms with Crippen molar-refractivity contribution in [2.45, 2.75) is 45.5 Å². The number of hydrogen-bond donors (Lipinski definition) is 0. The first kappa shape index (κ1) is 21.7. The van der Waals surface area contributed by atoms with Gasteiger partial charge in [-0.2, -0.15) is 18.3 Å². The molecular weight excluding hydrogens is 401 g/mol. The summed E-state index contributed by atoms with van der Waals surface area (Å²) in [6.45, 7) is 3.34. The van der Waals surface area contributed by atoms with Crippen molar-refractivity contribution in [1.29, 1.82) is 0 Å². The number of aryl methyl sites for hydroxylation is 2. The van der Waals surface area contributed by atoms with Crippen molar-refractivity contribution in [3.63, 3.8) is 0 Å². The molecule has 11 heteroatoms. The highest BCUT2D eigenvalue weighted by Crippen LogP contribution is 2.31. The first-order valence-corrected chi connectivity index (χ1v) is 9.45. The Bertz CT molecular complexity index is 970. The van der Waals surface area contributed by atoms with Crippen molar-refractivity contribution in [2.24, 2.45) is 0 Å². The van der Waals surface area contributed by atoms with Crippen LogP contribution in [0.5, 0.6) is 0 Å². The van der Waals surface area contributed by atoms with Crippen molar-refractivity contribution in [1.82, 2.24) is 29.5 Å². The van der Waals surface area contributed by atoms with Crippen LogP contribution in [0.15, 0.2) is 12.3 Å². The number of halogens is 3. The van der Waals surface area contributed by atoms with Crippen molar-refractivity contribution >= 4 is 11.8 Å². The Morgan fingerprint density at radius 1 is 1.27 bits per heavy atom. The molecular formula is C19H23F3N6O2. The Morgan fingerprint density at radius 2 is 1.97 bits per heavy atom. The average molecular weight is 424 g/mol. The molecule has 2 aromatic heterocycles. The largest absolute Gasteiger partial charge is 0.435 e. The third-order valence-electron chi connectivity index (χ3n) is 5.06. The Balaban J connectivity index is 1.79. The molecule has 8 nitrogen and oxygen atoms in total. The van der Waals surface area contributed by atoms with Gasteiger partial charge in [0, 0.05) is 32.5 Å². The number of amides is 2. The first-order valence-electron chi connectivity index (χ1n) is 9.45. The van der Waals surface area contributed by atoms with Gasteiger partial charge in [0.25, 0.3) is 5.91 Å². The van der Waals surface area contributed by atoms with Gasteiger partial charge in [-0.1, -0.05) is 0 Å². The molecule has 1 atom stereocenters. The Kier molecular flexibility index (Phi) is 5.82. The zero-order valence-corrected chi connectivity index (χ0v) is 17.2. The molecule has 0 aromatic carbocycles. The molecule has 0 radical (unpaired) electrons. The van der Waals surface area contributed by atoms with E-state index in [4.69, 9.17) is 0 Å². The highest BCUT2D eigenvalue weighted by molar-refractivity contribution is 5.94. The van der Waals surface area contributed by atoms with Gasteiger partial charge in [0.2, 0.25) is 5.91 Å². The molecule has 1 aliphatic rings. The van der Waals surface area contributed by atoms with Crippen LogP contribution in [0.2, 0.25) is 0 Å². The van der Waals surface area contributed by atoms with Gasteiger partial charge in [0.1, 0.15) is 6.54 Å². The summed E-state index contributed by atoms with van der Waals surface area (Å²) < 4.78 is 39.7. The van der Waals surface area contributed by atoms with Gasteiger partial charge < -0.3 is 9.80 Å². The maximum absolute atomic E-state index is 12.9. The van der Waals surface area contributed by atoms with Gasteiger partial charge in [-0.3, -0.25) is 14.3 Å². The van der Waals surface area contributed by atoms with E-state index in [1.54, 1.807) is 25.9 Å². The van der Waals surface area contributed by atoms with Gasteiger partial charge in [-0.15, -0.1) is 0 Å². The topological polar surface area (TPSA) is 84.2 Å². The monoisotopic (exact) mass is 424 g/mol. The smallest absolute Gasteiger partial charge is 0.345 e. The van der Waals surface area contributed by atoms with E-state index in [-0.39, 0.29) is 24.1 Å². The van der Waals surface area contributed by atoms with E-state index >= 15 is 0 Å². The van der Waals surface area contributed by atoms with Crippen molar-refractivity contribution in [3.8, 4) is 0 Å². The molecule has 1 saturated heterocycles. The van der Waals surface area contributed by atoms with Crippen LogP contribution in [-0.4, -0.2) is 62.0 Å². The number of likely N-dealkylation sites (tertiary alicyclic amines) is 1. The number of alkyl halides is 3. The van der Waals surface area contributed by atoms with E-state index in [1.807, 2.05) is 0 Å². The van der Waals surface area contributed by atoms with Crippen molar-refractivity contribution in [3.05, 3.63) is 40.7 Å². The van der Waals surface area contributed by atoms with Gasteiger partial charge in [-0.25, -0.2) is 9.97 Å². The third-order valence-corrected chi connectivity index (χ3v) is 5.06. The number of carbonyl (C=O) groups is 2. The Morgan fingerprint density at radius 3 is 2.53 bits per heavy atom. The SMILES string of the molecule is Cc1nc([C@H]2CCCN2C(=O)Cn2nc(C(F)(F)F)cc2C)ncc1C(=O)N(C)C. The average Bonchev–Trinajstić information content (AvgIpc) is 3.28. The number of carbonyl (C=O) groups excluding carboxylic acids is 2. The lowest BCUT2D eigenvalue weighted by Crippen LogP contribution is -2.35. The summed E-state index contributed by atoms with van der Waals surface area (Å²) in [4.78, 5) is 36.7. The maximum atomic E-state index is 12.9. The number of rotatable bonds is 4. The normalized spacial score (nSPS) is 16.8. The van der Waals surface area contributed by atoms with Crippen LogP contribution in [0.1, 0.15) is 52.1 Å². The van der Waals surface area contributed by atoms with Crippen LogP contribution < -0.4 is 0 Å². The predicted molar refractivity (Wildman–Crippen MR) is 100 cm³/mol. The quantitative estimate of drug-likeness (QED) is 0.753. The standard InChI is InChI=1S/C19H23F3N6O2/c1-11-8-15(19(20,21)22)25-28(11)10-16(29)27-7-5-6-14(27)17-23-9-13(12(2)24-17)18(30)26(3)4/h8-9,14H,5-7,10H2,1-4H3/t14-/m1/s1. The van der Waals surface area contributed by atoms with Crippen molar-refractivity contribution < 1.29 is 22.8 Å². The molecule has 1 aliphatic heterocycles. The van der Waals surface area contributed by atoms with Crippen LogP contribution in [0, 0.1) is 13.8 Å². The molecule has 0 spiro atoms. The van der Waals surface area contributed by atoms with Gasteiger partial charge >= 0.3 is 6.18 Å². The molecule has 0 aliphatic carbocycles. The Labute approximate surface area is 171 Å². The molecule has 0 unspecified atom stereocenters. The summed E-state index contributed by atoms with van der Waals surface area (Å²) in [5.41, 5.74) is 0.123. The fourth-order valence-corrected chi connectivity index (χ4v) is 3.46. The highest BCUT2D eigenvalue weighted by atomic mass is 19.4. The fourth-order valence-electron chi connectivity index (χ4n) is 3.46. The lowest BCUT2D eigenvalue weighted by atomic mass is 10.1. The summed E-state index contributed by atoms with van der Waals surface area (Å²) in [6, 6.07) is 0.527. The second-order valence-electron chi connectivity index (χ2n) is 7.50. The predicted octanol–water partition coefficient (Wildman–Crippen LogP) is 2.37. The highest BCUT2D eigenvalue weighted by Gasteiger charge is 2.36. The first-order chi connectivity index (χ1) is 14.0. The molecule has 0 saturated carbocycles. The van der Waals surface area contributed by atoms with Gasteiger partial charge in [0.05, 0.1) is 17.3 Å². The van der Waals surface area contributed by atoms with Gasteiger partial charge in [-0.05, 0) is 32.8 Å². The van der Waals surface area contributed by atoms with Crippen LogP contribution >= 0.6 is 0 Å². The van der Waals surface area contributed by atoms with E-state index in [1.165, 1.54) is 18.0 Å². The molecule has 2 amide bonds. The van der Waals surface area contributed by atoms with E-state index in [0.29, 0.717) is 30.0 Å². The molecule has 0 bridgehead atoms. The molecule has 0 N–H and O–H groups in total. The van der Waals surface area contributed by atoms with Crippen LogP contribution in [0.3, 0.4) is 0 Å². The fraction of sp³-hybridized carbons (Fsp3) is 0.526. The zero-order valence-electron chi connectivity index (χ0n) is 17.2. The van der Waals surface area contributed by atoms with Crippen LogP contribution in [0.25, 0.3) is 0 Å². The second-order valence-corrected chi connectivity index (χ2v) is 7.50. The zero-order chi connectivity index (χ0) is 22.2. The second kappa shape index (κ2) is 8.04. The summed E-state index contributed by atoms with van der Waals surface area (Å²) in [5.74, 6) is -0.151. The Hall–Kier alpha value is -2.98. The molecule has 30 heavy (non-hydrogen) atoms.